The summed E-state index contributed by atoms with van der Waals surface area (Å²) < 4.78 is 2.49. The van der Waals surface area contributed by atoms with Gasteiger partial charge in [0.05, 0.1) is 0 Å². The van der Waals surface area contributed by atoms with E-state index < -0.39 is 0 Å². The third kappa shape index (κ3) is 1.84. The van der Waals surface area contributed by atoms with Gasteiger partial charge in [0.1, 0.15) is 6.04 Å². The van der Waals surface area contributed by atoms with Crippen molar-refractivity contribution in [2.45, 2.75) is 25.8 Å². The van der Waals surface area contributed by atoms with E-state index in [-0.39, 0.29) is 0 Å². The molecule has 3 rings (SSSR count). The highest BCUT2D eigenvalue weighted by Gasteiger charge is 2.26. The lowest BCUT2D eigenvalue weighted by atomic mass is 10.0. The SMILES string of the molecule is Cc1[nH]c2ccccc2[n+]1C1CCN(C)CC1. The minimum Gasteiger partial charge on any atom is -0.306 e. The molecule has 1 fully saturated rings. The van der Waals surface area contributed by atoms with Crippen LogP contribution in [0.1, 0.15) is 24.7 Å². The highest BCUT2D eigenvalue weighted by molar-refractivity contribution is 5.71. The fourth-order valence-electron chi connectivity index (χ4n) is 2.95. The smallest absolute Gasteiger partial charge is 0.252 e. The Morgan fingerprint density at radius 2 is 1.94 bits per heavy atom. The monoisotopic (exact) mass is 230 g/mol. The molecule has 2 aromatic rings. The van der Waals surface area contributed by atoms with Crippen LogP contribution in [0.2, 0.25) is 0 Å². The van der Waals surface area contributed by atoms with Gasteiger partial charge in [-0.05, 0) is 19.2 Å². The lowest BCUT2D eigenvalue weighted by Gasteiger charge is -2.27. The van der Waals surface area contributed by atoms with Crippen molar-refractivity contribution in [2.75, 3.05) is 20.1 Å². The van der Waals surface area contributed by atoms with Crippen LogP contribution in [-0.2, 0) is 0 Å². The number of para-hydroxylation sites is 2. The van der Waals surface area contributed by atoms with Gasteiger partial charge in [-0.2, -0.15) is 0 Å². The third-order valence-corrected chi connectivity index (χ3v) is 3.89. The van der Waals surface area contributed by atoms with Crippen molar-refractivity contribution < 1.29 is 4.57 Å². The molecule has 0 bridgehead atoms. The number of hydrogen-bond donors (Lipinski definition) is 1. The molecule has 1 aliphatic heterocycles. The second-order valence-corrected chi connectivity index (χ2v) is 5.13. The molecular weight excluding hydrogens is 210 g/mol. The minimum absolute atomic E-state index is 0.655. The van der Waals surface area contributed by atoms with E-state index in [9.17, 15) is 0 Å². The Morgan fingerprint density at radius 1 is 1.24 bits per heavy atom. The number of piperidine rings is 1. The summed E-state index contributed by atoms with van der Waals surface area (Å²) in [5.41, 5.74) is 2.60. The van der Waals surface area contributed by atoms with E-state index in [1.165, 1.54) is 42.8 Å². The van der Waals surface area contributed by atoms with Crippen molar-refractivity contribution in [1.29, 1.82) is 0 Å². The maximum Gasteiger partial charge on any atom is 0.252 e. The predicted molar refractivity (Wildman–Crippen MR) is 69.0 cm³/mol. The summed E-state index contributed by atoms with van der Waals surface area (Å²) in [5, 5.41) is 0. The van der Waals surface area contributed by atoms with Crippen molar-refractivity contribution in [3.63, 3.8) is 0 Å². The van der Waals surface area contributed by atoms with Crippen molar-refractivity contribution in [1.82, 2.24) is 9.88 Å². The Hall–Kier alpha value is -1.35. The number of imidazole rings is 1. The molecule has 2 heterocycles. The topological polar surface area (TPSA) is 22.9 Å². The lowest BCUT2D eigenvalue weighted by Crippen LogP contribution is -2.46. The van der Waals surface area contributed by atoms with Gasteiger partial charge in [-0.25, -0.2) is 9.55 Å². The standard InChI is InChI=1S/C14H19N3/c1-11-15-13-5-3-4-6-14(13)17(11)12-7-9-16(2)10-8-12/h3-6,12H,7-10H2,1-2H3/p+1. The number of hydrogen-bond acceptors (Lipinski definition) is 1. The number of fused-ring (bicyclic) bond motifs is 1. The minimum atomic E-state index is 0.655. The first-order chi connectivity index (χ1) is 8.25. The molecule has 0 saturated carbocycles. The van der Waals surface area contributed by atoms with Crippen molar-refractivity contribution >= 4 is 11.0 Å². The molecule has 3 heteroatoms. The van der Waals surface area contributed by atoms with Crippen LogP contribution in [0.4, 0.5) is 0 Å². The number of aromatic amines is 1. The molecule has 17 heavy (non-hydrogen) atoms. The van der Waals surface area contributed by atoms with Gasteiger partial charge in [0.15, 0.2) is 11.0 Å². The molecule has 0 unspecified atom stereocenters. The fourth-order valence-corrected chi connectivity index (χ4v) is 2.95. The zero-order chi connectivity index (χ0) is 11.8. The summed E-state index contributed by atoms with van der Waals surface area (Å²) >= 11 is 0. The maximum atomic E-state index is 3.48. The van der Waals surface area contributed by atoms with Crippen molar-refractivity contribution in [3.05, 3.63) is 30.1 Å². The van der Waals surface area contributed by atoms with Crippen LogP contribution in [0.25, 0.3) is 11.0 Å². The van der Waals surface area contributed by atoms with Crippen molar-refractivity contribution in [2.24, 2.45) is 0 Å². The lowest BCUT2D eigenvalue weighted by molar-refractivity contribution is -0.707. The number of nitrogens with zero attached hydrogens (tertiary/aromatic N) is 2. The van der Waals surface area contributed by atoms with Gasteiger partial charge in [-0.1, -0.05) is 12.1 Å². The summed E-state index contributed by atoms with van der Waals surface area (Å²) in [6.45, 7) is 4.59. The van der Waals surface area contributed by atoms with Crippen LogP contribution in [0.5, 0.6) is 0 Å². The van der Waals surface area contributed by atoms with Gasteiger partial charge in [-0.15, -0.1) is 0 Å². The fraction of sp³-hybridized carbons (Fsp3) is 0.500. The largest absolute Gasteiger partial charge is 0.306 e. The molecule has 1 aromatic heterocycles. The third-order valence-electron chi connectivity index (χ3n) is 3.89. The summed E-state index contributed by atoms with van der Waals surface area (Å²) in [4.78, 5) is 5.90. The number of aryl methyl sites for hydroxylation is 1. The molecule has 0 atom stereocenters. The average molecular weight is 230 g/mol. The number of likely N-dealkylation sites (tertiary alicyclic amines) is 1. The van der Waals surface area contributed by atoms with Crippen LogP contribution in [0.3, 0.4) is 0 Å². The van der Waals surface area contributed by atoms with E-state index >= 15 is 0 Å². The molecule has 90 valence electrons. The number of nitrogens with one attached hydrogen (secondary N) is 1. The zero-order valence-electron chi connectivity index (χ0n) is 10.6. The van der Waals surface area contributed by atoms with Crippen LogP contribution in [-0.4, -0.2) is 30.0 Å². The Bertz CT molecular complexity index is 521. The number of H-pyrrole nitrogens is 1. The molecule has 1 saturated heterocycles. The van der Waals surface area contributed by atoms with Crippen LogP contribution in [0, 0.1) is 6.92 Å². The van der Waals surface area contributed by atoms with Crippen LogP contribution >= 0.6 is 0 Å². The summed E-state index contributed by atoms with van der Waals surface area (Å²) in [7, 11) is 2.21. The molecule has 1 aromatic carbocycles. The molecule has 0 spiro atoms. The molecule has 3 nitrogen and oxygen atoms in total. The number of aromatic nitrogens is 2. The highest BCUT2D eigenvalue weighted by Crippen LogP contribution is 2.20. The van der Waals surface area contributed by atoms with Crippen molar-refractivity contribution in [3.8, 4) is 0 Å². The quantitative estimate of drug-likeness (QED) is 0.744. The van der Waals surface area contributed by atoms with Gasteiger partial charge < -0.3 is 4.90 Å². The van der Waals surface area contributed by atoms with E-state index in [4.69, 9.17) is 0 Å². The molecular formula is C14H20N3+. The summed E-state index contributed by atoms with van der Waals surface area (Å²) in [6.07, 6.45) is 2.51. The van der Waals surface area contributed by atoms with E-state index in [2.05, 4.69) is 52.7 Å². The summed E-state index contributed by atoms with van der Waals surface area (Å²) in [6, 6.07) is 9.26. The van der Waals surface area contributed by atoms with E-state index in [0.29, 0.717) is 6.04 Å². The Labute approximate surface area is 102 Å². The Kier molecular flexibility index (Phi) is 2.63. The second kappa shape index (κ2) is 4.15. The zero-order valence-corrected chi connectivity index (χ0v) is 10.6. The van der Waals surface area contributed by atoms with Gasteiger partial charge in [-0.3, -0.25) is 0 Å². The van der Waals surface area contributed by atoms with E-state index in [1.807, 2.05) is 0 Å². The van der Waals surface area contributed by atoms with E-state index in [1.54, 1.807) is 0 Å². The normalized spacial score (nSPS) is 18.9. The first kappa shape index (κ1) is 10.8. The van der Waals surface area contributed by atoms with Gasteiger partial charge >= 0.3 is 0 Å². The predicted octanol–water partition coefficient (Wildman–Crippen LogP) is 2.03. The molecule has 1 N–H and O–H groups in total. The Morgan fingerprint density at radius 3 is 2.71 bits per heavy atom. The first-order valence-corrected chi connectivity index (χ1v) is 6.43. The molecule has 1 aliphatic rings. The maximum absolute atomic E-state index is 3.48. The summed E-state index contributed by atoms with van der Waals surface area (Å²) in [5.74, 6) is 1.28. The first-order valence-electron chi connectivity index (χ1n) is 6.43. The number of benzene rings is 1. The number of rotatable bonds is 1. The molecule has 0 aliphatic carbocycles. The van der Waals surface area contributed by atoms with Crippen LogP contribution in [0.15, 0.2) is 24.3 Å². The van der Waals surface area contributed by atoms with E-state index in [0.717, 1.165) is 0 Å². The molecule has 0 amide bonds. The Balaban J connectivity index is 2.02. The van der Waals surface area contributed by atoms with Gasteiger partial charge in [0.25, 0.3) is 5.82 Å². The highest BCUT2D eigenvalue weighted by atomic mass is 15.2. The average Bonchev–Trinajstić information content (AvgIpc) is 2.66. The van der Waals surface area contributed by atoms with Crippen LogP contribution < -0.4 is 4.57 Å². The van der Waals surface area contributed by atoms with Gasteiger partial charge in [0.2, 0.25) is 0 Å². The van der Waals surface area contributed by atoms with Gasteiger partial charge in [0, 0.05) is 32.9 Å². The second-order valence-electron chi connectivity index (χ2n) is 5.13. The molecule has 0 radical (unpaired) electrons.